The highest BCUT2D eigenvalue weighted by Gasteiger charge is 2.26. The standard InChI is InChI=1S/C24H19N3O4S/c1-13(21(28)16-8-9-19-18(10-16)26-22(29)14(2)31-19)27-12-25-23-20(24(27)30)17(11-32-23)15-6-4-3-5-7-15/h3-14H,1-2H3,(H,26,29). The number of ketones is 1. The maximum absolute atomic E-state index is 13.4. The average molecular weight is 446 g/mol. The van der Waals surface area contributed by atoms with Gasteiger partial charge in [0, 0.05) is 16.5 Å². The van der Waals surface area contributed by atoms with Gasteiger partial charge in [-0.05, 0) is 37.6 Å². The zero-order chi connectivity index (χ0) is 22.4. The Hall–Kier alpha value is -3.78. The zero-order valence-corrected chi connectivity index (χ0v) is 18.2. The number of rotatable bonds is 4. The number of Topliss-reactive ketones (excluding diaryl/α,β-unsaturated/α-hetero) is 1. The van der Waals surface area contributed by atoms with Gasteiger partial charge in [-0.15, -0.1) is 11.3 Å². The summed E-state index contributed by atoms with van der Waals surface area (Å²) in [5, 5.41) is 5.16. The Morgan fingerprint density at radius 3 is 2.75 bits per heavy atom. The summed E-state index contributed by atoms with van der Waals surface area (Å²) in [6.45, 7) is 3.32. The molecule has 5 rings (SSSR count). The van der Waals surface area contributed by atoms with E-state index in [-0.39, 0.29) is 17.2 Å². The van der Waals surface area contributed by atoms with Gasteiger partial charge in [0.1, 0.15) is 10.6 Å². The van der Waals surface area contributed by atoms with Gasteiger partial charge in [0.05, 0.1) is 23.4 Å². The number of amides is 1. The van der Waals surface area contributed by atoms with E-state index in [0.717, 1.165) is 11.1 Å². The molecule has 3 heterocycles. The number of hydrogen-bond acceptors (Lipinski definition) is 6. The van der Waals surface area contributed by atoms with Gasteiger partial charge in [-0.1, -0.05) is 30.3 Å². The molecule has 1 amide bonds. The molecule has 2 atom stereocenters. The van der Waals surface area contributed by atoms with Crippen LogP contribution in [-0.4, -0.2) is 27.3 Å². The van der Waals surface area contributed by atoms with Crippen LogP contribution in [0.5, 0.6) is 5.75 Å². The Labute approximate surface area is 187 Å². The van der Waals surface area contributed by atoms with Gasteiger partial charge < -0.3 is 10.1 Å². The van der Waals surface area contributed by atoms with Crippen molar-refractivity contribution >= 4 is 38.9 Å². The van der Waals surface area contributed by atoms with Gasteiger partial charge in [-0.2, -0.15) is 0 Å². The molecular formula is C24H19N3O4S. The number of fused-ring (bicyclic) bond motifs is 2. The van der Waals surface area contributed by atoms with E-state index in [2.05, 4.69) is 10.3 Å². The number of carbonyl (C=O) groups excluding carboxylic acids is 2. The van der Waals surface area contributed by atoms with Crippen molar-refractivity contribution in [3.63, 3.8) is 0 Å². The van der Waals surface area contributed by atoms with E-state index in [0.29, 0.717) is 27.2 Å². The molecule has 0 saturated carbocycles. The summed E-state index contributed by atoms with van der Waals surface area (Å²) in [6, 6.07) is 13.7. The second-order valence-corrected chi connectivity index (χ2v) is 8.51. The van der Waals surface area contributed by atoms with Crippen molar-refractivity contribution in [2.75, 3.05) is 5.32 Å². The number of thiophene rings is 1. The van der Waals surface area contributed by atoms with Crippen LogP contribution in [0.1, 0.15) is 30.2 Å². The fraction of sp³-hybridized carbons (Fsp3) is 0.167. The SMILES string of the molecule is CC1Oc2ccc(C(=O)C(C)n3cnc4scc(-c5ccccc5)c4c3=O)cc2NC1=O. The van der Waals surface area contributed by atoms with Crippen LogP contribution in [0.3, 0.4) is 0 Å². The predicted octanol–water partition coefficient (Wildman–Crippen LogP) is 4.29. The van der Waals surface area contributed by atoms with E-state index in [4.69, 9.17) is 4.74 Å². The highest BCUT2D eigenvalue weighted by Crippen LogP contribution is 2.33. The molecule has 0 fully saturated rings. The van der Waals surface area contributed by atoms with Crippen molar-refractivity contribution in [1.82, 2.24) is 9.55 Å². The molecule has 1 aliphatic heterocycles. The first-order chi connectivity index (χ1) is 15.4. The first-order valence-corrected chi connectivity index (χ1v) is 11.0. The molecule has 32 heavy (non-hydrogen) atoms. The number of carbonyl (C=O) groups is 2. The third-order valence-corrected chi connectivity index (χ3v) is 6.48. The van der Waals surface area contributed by atoms with E-state index in [1.54, 1.807) is 32.0 Å². The molecule has 0 radical (unpaired) electrons. The van der Waals surface area contributed by atoms with Gasteiger partial charge in [0.25, 0.3) is 11.5 Å². The number of hydrogen-bond donors (Lipinski definition) is 1. The molecule has 2 unspecified atom stereocenters. The van der Waals surface area contributed by atoms with Crippen LogP contribution in [0.4, 0.5) is 5.69 Å². The lowest BCUT2D eigenvalue weighted by Crippen LogP contribution is -2.34. The smallest absolute Gasteiger partial charge is 0.265 e. The zero-order valence-electron chi connectivity index (χ0n) is 17.4. The van der Waals surface area contributed by atoms with Crippen LogP contribution >= 0.6 is 11.3 Å². The van der Waals surface area contributed by atoms with Crippen LogP contribution in [0.2, 0.25) is 0 Å². The highest BCUT2D eigenvalue weighted by molar-refractivity contribution is 7.17. The van der Waals surface area contributed by atoms with Crippen molar-refractivity contribution in [2.24, 2.45) is 0 Å². The summed E-state index contributed by atoms with van der Waals surface area (Å²) in [6.07, 6.45) is 0.826. The molecule has 0 bridgehead atoms. The molecule has 0 spiro atoms. The van der Waals surface area contributed by atoms with Crippen molar-refractivity contribution < 1.29 is 14.3 Å². The summed E-state index contributed by atoms with van der Waals surface area (Å²) < 4.78 is 6.91. The largest absolute Gasteiger partial charge is 0.479 e. The minimum absolute atomic E-state index is 0.264. The first-order valence-electron chi connectivity index (χ1n) is 10.1. The monoisotopic (exact) mass is 445 g/mol. The summed E-state index contributed by atoms with van der Waals surface area (Å²) in [5.74, 6) is -0.0281. The Bertz CT molecular complexity index is 1420. The van der Waals surface area contributed by atoms with Crippen LogP contribution in [0.15, 0.2) is 65.0 Å². The molecular weight excluding hydrogens is 426 g/mol. The Balaban J connectivity index is 1.53. The maximum atomic E-state index is 13.4. The second kappa shape index (κ2) is 7.72. The minimum Gasteiger partial charge on any atom is -0.479 e. The number of nitrogens with one attached hydrogen (secondary N) is 1. The minimum atomic E-state index is -0.778. The fourth-order valence-corrected chi connectivity index (χ4v) is 4.69. The Morgan fingerprint density at radius 2 is 1.97 bits per heavy atom. The molecule has 160 valence electrons. The van der Waals surface area contributed by atoms with Crippen LogP contribution in [-0.2, 0) is 4.79 Å². The van der Waals surface area contributed by atoms with E-state index in [1.165, 1.54) is 22.2 Å². The third-order valence-electron chi connectivity index (χ3n) is 5.60. The summed E-state index contributed by atoms with van der Waals surface area (Å²) >= 11 is 1.40. The summed E-state index contributed by atoms with van der Waals surface area (Å²) in [4.78, 5) is 43.6. The van der Waals surface area contributed by atoms with Crippen molar-refractivity contribution in [3.8, 4) is 16.9 Å². The van der Waals surface area contributed by atoms with E-state index in [1.807, 2.05) is 35.7 Å². The molecule has 1 aliphatic rings. The number of aromatic nitrogens is 2. The molecule has 8 heteroatoms. The van der Waals surface area contributed by atoms with Crippen LogP contribution in [0, 0.1) is 0 Å². The topological polar surface area (TPSA) is 90.3 Å². The molecule has 1 N–H and O–H groups in total. The maximum Gasteiger partial charge on any atom is 0.265 e. The van der Waals surface area contributed by atoms with Gasteiger partial charge in [0.15, 0.2) is 11.9 Å². The van der Waals surface area contributed by atoms with Crippen molar-refractivity contribution in [3.05, 3.63) is 76.2 Å². The van der Waals surface area contributed by atoms with E-state index >= 15 is 0 Å². The van der Waals surface area contributed by atoms with Crippen molar-refractivity contribution in [1.29, 1.82) is 0 Å². The fourth-order valence-electron chi connectivity index (χ4n) is 3.78. The second-order valence-electron chi connectivity index (χ2n) is 7.65. The van der Waals surface area contributed by atoms with Gasteiger partial charge in [-0.25, -0.2) is 4.98 Å². The van der Waals surface area contributed by atoms with Crippen LogP contribution < -0.4 is 15.6 Å². The van der Waals surface area contributed by atoms with Gasteiger partial charge >= 0.3 is 0 Å². The quantitative estimate of drug-likeness (QED) is 0.473. The summed E-state index contributed by atoms with van der Waals surface area (Å²) in [7, 11) is 0. The first kappa shape index (κ1) is 20.1. The molecule has 0 saturated heterocycles. The molecule has 2 aromatic heterocycles. The molecule has 0 aliphatic carbocycles. The average Bonchev–Trinajstić information content (AvgIpc) is 3.25. The lowest BCUT2D eigenvalue weighted by atomic mass is 10.0. The summed E-state index contributed by atoms with van der Waals surface area (Å²) in [5.41, 5.74) is 2.28. The third kappa shape index (κ3) is 3.29. The highest BCUT2D eigenvalue weighted by atomic mass is 32.1. The number of nitrogens with zero attached hydrogens (tertiary/aromatic N) is 2. The van der Waals surface area contributed by atoms with Crippen LogP contribution in [0.25, 0.3) is 21.3 Å². The molecule has 7 nitrogen and oxygen atoms in total. The van der Waals surface area contributed by atoms with Gasteiger partial charge in [-0.3, -0.25) is 19.0 Å². The Morgan fingerprint density at radius 1 is 1.19 bits per heavy atom. The normalized spacial score (nSPS) is 16.2. The number of benzene rings is 2. The van der Waals surface area contributed by atoms with E-state index in [9.17, 15) is 14.4 Å². The van der Waals surface area contributed by atoms with Crippen molar-refractivity contribution in [2.45, 2.75) is 26.0 Å². The molecule has 4 aromatic rings. The number of anilines is 1. The lowest BCUT2D eigenvalue weighted by molar-refractivity contribution is -0.122. The predicted molar refractivity (Wildman–Crippen MR) is 124 cm³/mol. The number of ether oxygens (including phenoxy) is 1. The van der Waals surface area contributed by atoms with Gasteiger partial charge in [0.2, 0.25) is 0 Å². The van der Waals surface area contributed by atoms with E-state index < -0.39 is 12.1 Å². The Kier molecular flexibility index (Phi) is 4.86. The molecule has 2 aromatic carbocycles. The lowest BCUT2D eigenvalue weighted by Gasteiger charge is -2.24.